The summed E-state index contributed by atoms with van der Waals surface area (Å²) in [5.74, 6) is 1.70. The van der Waals surface area contributed by atoms with Gasteiger partial charge < -0.3 is 20.3 Å². The summed E-state index contributed by atoms with van der Waals surface area (Å²) in [4.78, 5) is 18.9. The van der Waals surface area contributed by atoms with E-state index in [4.69, 9.17) is 4.74 Å². The standard InChI is InChI=1S/C20H30N4O2.HI/c1-15-8-10-24(11-9-15)20(21-2)22-14-16-5-3-6-17(13-16)23-19(25)18-7-4-12-26-18;/h3,5-6,13,15,18H,4,7-12,14H2,1-2H3,(H,21,22)(H,23,25);1H. The molecule has 2 aliphatic heterocycles. The summed E-state index contributed by atoms with van der Waals surface area (Å²) in [7, 11) is 1.83. The Morgan fingerprint density at radius 1 is 1.30 bits per heavy atom. The molecule has 0 bridgehead atoms. The molecular formula is C20H31IN4O2. The highest BCUT2D eigenvalue weighted by atomic mass is 127. The van der Waals surface area contributed by atoms with Crippen molar-refractivity contribution >= 4 is 41.5 Å². The van der Waals surface area contributed by atoms with Crippen LogP contribution in [0, 0.1) is 5.92 Å². The molecule has 2 aliphatic rings. The quantitative estimate of drug-likeness (QED) is 0.390. The van der Waals surface area contributed by atoms with Gasteiger partial charge in [-0.15, -0.1) is 24.0 Å². The number of hydrogen-bond donors (Lipinski definition) is 2. The number of ether oxygens (including phenoxy) is 1. The summed E-state index contributed by atoms with van der Waals surface area (Å²) in [6, 6.07) is 7.94. The van der Waals surface area contributed by atoms with Crippen molar-refractivity contribution in [3.8, 4) is 0 Å². The zero-order valence-electron chi connectivity index (χ0n) is 16.2. The number of nitrogens with zero attached hydrogens (tertiary/aromatic N) is 2. The van der Waals surface area contributed by atoms with Crippen LogP contribution in [-0.4, -0.2) is 49.6 Å². The fourth-order valence-electron chi connectivity index (χ4n) is 3.50. The van der Waals surface area contributed by atoms with Crippen LogP contribution in [0.15, 0.2) is 29.3 Å². The van der Waals surface area contributed by atoms with Gasteiger partial charge in [-0.3, -0.25) is 9.79 Å². The lowest BCUT2D eigenvalue weighted by Crippen LogP contribution is -2.45. The van der Waals surface area contributed by atoms with Crippen molar-refractivity contribution in [2.24, 2.45) is 10.9 Å². The van der Waals surface area contributed by atoms with E-state index in [-0.39, 0.29) is 36.0 Å². The van der Waals surface area contributed by atoms with Crippen molar-refractivity contribution in [2.75, 3.05) is 32.1 Å². The first-order chi connectivity index (χ1) is 12.7. The van der Waals surface area contributed by atoms with E-state index in [0.717, 1.165) is 49.1 Å². The summed E-state index contributed by atoms with van der Waals surface area (Å²) in [6.07, 6.45) is 3.88. The second-order valence-electron chi connectivity index (χ2n) is 7.26. The maximum Gasteiger partial charge on any atom is 0.253 e. The molecule has 1 aromatic carbocycles. The number of hydrogen-bond acceptors (Lipinski definition) is 3. The van der Waals surface area contributed by atoms with Crippen molar-refractivity contribution in [2.45, 2.75) is 45.3 Å². The monoisotopic (exact) mass is 486 g/mol. The van der Waals surface area contributed by atoms with E-state index in [1.165, 1.54) is 12.8 Å². The predicted molar refractivity (Wildman–Crippen MR) is 120 cm³/mol. The Bertz CT molecular complexity index is 639. The van der Waals surface area contributed by atoms with Crippen LogP contribution in [0.5, 0.6) is 0 Å². The lowest BCUT2D eigenvalue weighted by molar-refractivity contribution is -0.124. The number of amides is 1. The molecule has 150 valence electrons. The lowest BCUT2D eigenvalue weighted by Gasteiger charge is -2.33. The van der Waals surface area contributed by atoms with Crippen molar-refractivity contribution < 1.29 is 9.53 Å². The van der Waals surface area contributed by atoms with Crippen LogP contribution < -0.4 is 10.6 Å². The van der Waals surface area contributed by atoms with Crippen LogP contribution in [0.3, 0.4) is 0 Å². The van der Waals surface area contributed by atoms with Gasteiger partial charge in [-0.1, -0.05) is 19.1 Å². The SMILES string of the molecule is CN=C(NCc1cccc(NC(=O)C2CCCO2)c1)N1CCC(C)CC1.I. The van der Waals surface area contributed by atoms with Gasteiger partial charge >= 0.3 is 0 Å². The molecule has 2 N–H and O–H groups in total. The number of likely N-dealkylation sites (tertiary alicyclic amines) is 1. The zero-order chi connectivity index (χ0) is 18.4. The minimum absolute atomic E-state index is 0. The lowest BCUT2D eigenvalue weighted by atomic mass is 9.99. The Balaban J connectivity index is 0.00000261. The van der Waals surface area contributed by atoms with Gasteiger partial charge in [-0.05, 0) is 49.3 Å². The molecule has 0 spiro atoms. The van der Waals surface area contributed by atoms with Gasteiger partial charge in [0.05, 0.1) is 0 Å². The van der Waals surface area contributed by atoms with Gasteiger partial charge in [-0.2, -0.15) is 0 Å². The number of benzene rings is 1. The molecular weight excluding hydrogens is 455 g/mol. The summed E-state index contributed by atoms with van der Waals surface area (Å²) in [5, 5.41) is 6.41. The molecule has 6 nitrogen and oxygen atoms in total. The Kier molecular flexibility index (Phi) is 8.82. The summed E-state index contributed by atoms with van der Waals surface area (Å²) in [6.45, 7) is 5.78. The molecule has 27 heavy (non-hydrogen) atoms. The third-order valence-corrected chi connectivity index (χ3v) is 5.16. The van der Waals surface area contributed by atoms with E-state index in [1.54, 1.807) is 0 Å². The van der Waals surface area contributed by atoms with Crippen LogP contribution in [-0.2, 0) is 16.1 Å². The molecule has 2 saturated heterocycles. The van der Waals surface area contributed by atoms with Gasteiger partial charge in [0.1, 0.15) is 6.10 Å². The van der Waals surface area contributed by atoms with E-state index < -0.39 is 0 Å². The number of nitrogens with one attached hydrogen (secondary N) is 2. The molecule has 0 saturated carbocycles. The topological polar surface area (TPSA) is 66.0 Å². The molecule has 3 rings (SSSR count). The summed E-state index contributed by atoms with van der Waals surface area (Å²) < 4.78 is 5.44. The maximum absolute atomic E-state index is 12.2. The Labute approximate surface area is 179 Å². The fraction of sp³-hybridized carbons (Fsp3) is 0.600. The van der Waals surface area contributed by atoms with Crippen molar-refractivity contribution in [3.05, 3.63) is 29.8 Å². The summed E-state index contributed by atoms with van der Waals surface area (Å²) >= 11 is 0. The first-order valence-corrected chi connectivity index (χ1v) is 9.62. The average molecular weight is 486 g/mol. The largest absolute Gasteiger partial charge is 0.368 e. The molecule has 0 aromatic heterocycles. The predicted octanol–water partition coefficient (Wildman–Crippen LogP) is 3.23. The molecule has 2 heterocycles. The number of carbonyl (C=O) groups is 1. The van der Waals surface area contributed by atoms with Gasteiger partial charge in [-0.25, -0.2) is 0 Å². The third kappa shape index (κ3) is 6.34. The normalized spacial score (nSPS) is 20.9. The smallest absolute Gasteiger partial charge is 0.253 e. The molecule has 0 aliphatic carbocycles. The van der Waals surface area contributed by atoms with Gasteiger partial charge in [0.25, 0.3) is 5.91 Å². The first-order valence-electron chi connectivity index (χ1n) is 9.62. The number of halogens is 1. The van der Waals surface area contributed by atoms with Gasteiger partial charge in [0.15, 0.2) is 5.96 Å². The highest BCUT2D eigenvalue weighted by Gasteiger charge is 2.23. The highest BCUT2D eigenvalue weighted by Crippen LogP contribution is 2.17. The molecule has 1 unspecified atom stereocenters. The molecule has 1 atom stereocenters. The van der Waals surface area contributed by atoms with Crippen LogP contribution in [0.4, 0.5) is 5.69 Å². The molecule has 1 amide bonds. The van der Waals surface area contributed by atoms with E-state index in [2.05, 4.69) is 33.5 Å². The van der Waals surface area contributed by atoms with Crippen LogP contribution in [0.1, 0.15) is 38.2 Å². The molecule has 2 fully saturated rings. The van der Waals surface area contributed by atoms with E-state index in [0.29, 0.717) is 13.2 Å². The summed E-state index contributed by atoms with van der Waals surface area (Å²) in [5.41, 5.74) is 1.92. The second kappa shape index (κ2) is 10.8. The molecule has 0 radical (unpaired) electrons. The van der Waals surface area contributed by atoms with Crippen molar-refractivity contribution in [1.82, 2.24) is 10.2 Å². The number of aliphatic imine (C=N–C) groups is 1. The van der Waals surface area contributed by atoms with E-state index in [1.807, 2.05) is 25.2 Å². The number of carbonyl (C=O) groups excluding carboxylic acids is 1. The fourth-order valence-corrected chi connectivity index (χ4v) is 3.50. The number of rotatable bonds is 4. The molecule has 1 aromatic rings. The number of piperidine rings is 1. The Hall–Kier alpha value is -1.35. The van der Waals surface area contributed by atoms with E-state index in [9.17, 15) is 4.79 Å². The van der Waals surface area contributed by atoms with Gasteiger partial charge in [0, 0.05) is 39.0 Å². The first kappa shape index (κ1) is 21.9. The second-order valence-corrected chi connectivity index (χ2v) is 7.26. The maximum atomic E-state index is 12.2. The van der Waals surface area contributed by atoms with Gasteiger partial charge in [0.2, 0.25) is 0 Å². The number of guanidine groups is 1. The number of anilines is 1. The van der Waals surface area contributed by atoms with Crippen molar-refractivity contribution in [3.63, 3.8) is 0 Å². The van der Waals surface area contributed by atoms with E-state index >= 15 is 0 Å². The third-order valence-electron chi connectivity index (χ3n) is 5.16. The minimum Gasteiger partial charge on any atom is -0.368 e. The minimum atomic E-state index is -0.308. The Morgan fingerprint density at radius 3 is 2.74 bits per heavy atom. The van der Waals surface area contributed by atoms with Crippen LogP contribution in [0.2, 0.25) is 0 Å². The highest BCUT2D eigenvalue weighted by molar-refractivity contribution is 14.0. The Morgan fingerprint density at radius 2 is 2.07 bits per heavy atom. The zero-order valence-corrected chi connectivity index (χ0v) is 18.6. The molecule has 7 heteroatoms. The average Bonchev–Trinajstić information content (AvgIpc) is 3.19. The van der Waals surface area contributed by atoms with Crippen molar-refractivity contribution in [1.29, 1.82) is 0 Å². The van der Waals surface area contributed by atoms with Crippen LogP contribution in [0.25, 0.3) is 0 Å². The van der Waals surface area contributed by atoms with Crippen LogP contribution >= 0.6 is 24.0 Å².